The second kappa shape index (κ2) is 12.8. The molecule has 0 heterocycles. The number of rotatable bonds is 6. The van der Waals surface area contributed by atoms with Crippen LogP contribution in [0.5, 0.6) is 0 Å². The molecule has 0 bridgehead atoms. The van der Waals surface area contributed by atoms with E-state index in [1.165, 1.54) is 77.2 Å². The van der Waals surface area contributed by atoms with Crippen LogP contribution in [-0.2, 0) is 5.41 Å². The van der Waals surface area contributed by atoms with Gasteiger partial charge < -0.3 is 4.90 Å². The van der Waals surface area contributed by atoms with Gasteiger partial charge in [-0.1, -0.05) is 178 Å². The predicted molar refractivity (Wildman–Crippen MR) is 230 cm³/mol. The van der Waals surface area contributed by atoms with Gasteiger partial charge in [-0.25, -0.2) is 0 Å². The van der Waals surface area contributed by atoms with E-state index in [2.05, 4.69) is 219 Å². The lowest BCUT2D eigenvalue weighted by Gasteiger charge is -2.31. The van der Waals surface area contributed by atoms with Gasteiger partial charge in [-0.2, -0.15) is 0 Å². The Balaban J connectivity index is 1.31. The zero-order valence-electron chi connectivity index (χ0n) is 30.5. The molecule has 0 unspecified atom stereocenters. The summed E-state index contributed by atoms with van der Waals surface area (Å²) in [6, 6.07) is 73.6. The van der Waals surface area contributed by atoms with Gasteiger partial charge in [-0.05, 0) is 108 Å². The molecule has 0 fully saturated rings. The Labute approximate surface area is 317 Å². The standard InChI is InChI=1S/C53H39N/c1-53(2)49-27-14-13-25-46(49)48-35-42(29-30-50(48)53)54(43-33-40(36-16-5-3-6-17-36)32-41(34-43)37-18-7-4-8-19-37)51-31-28-39-21-10-12-24-45(39)52(51)47-26-15-22-38-20-9-11-23-44(38)47/h3-35H,1-2H3. The van der Waals surface area contributed by atoms with Gasteiger partial charge in [0.05, 0.1) is 5.69 Å². The van der Waals surface area contributed by atoms with Crippen molar-refractivity contribution < 1.29 is 0 Å². The molecule has 0 atom stereocenters. The maximum Gasteiger partial charge on any atom is 0.0546 e. The van der Waals surface area contributed by atoms with Crippen molar-refractivity contribution in [2.24, 2.45) is 0 Å². The third-order valence-electron chi connectivity index (χ3n) is 11.4. The van der Waals surface area contributed by atoms with E-state index in [1.807, 2.05) is 0 Å². The van der Waals surface area contributed by atoms with Gasteiger partial charge in [0.1, 0.15) is 0 Å². The lowest BCUT2D eigenvalue weighted by molar-refractivity contribution is 0.660. The van der Waals surface area contributed by atoms with Gasteiger partial charge in [-0.3, -0.25) is 0 Å². The Kier molecular flexibility index (Phi) is 7.56. The van der Waals surface area contributed by atoms with Gasteiger partial charge in [0.25, 0.3) is 0 Å². The molecule has 0 saturated carbocycles. The summed E-state index contributed by atoms with van der Waals surface area (Å²) in [6.07, 6.45) is 0. The smallest absolute Gasteiger partial charge is 0.0546 e. The van der Waals surface area contributed by atoms with Crippen LogP contribution in [0.4, 0.5) is 17.1 Å². The van der Waals surface area contributed by atoms with E-state index >= 15 is 0 Å². The topological polar surface area (TPSA) is 3.24 Å². The minimum Gasteiger partial charge on any atom is -0.310 e. The van der Waals surface area contributed by atoms with E-state index < -0.39 is 0 Å². The van der Waals surface area contributed by atoms with Crippen LogP contribution in [0.1, 0.15) is 25.0 Å². The van der Waals surface area contributed by atoms with Gasteiger partial charge in [-0.15, -0.1) is 0 Å². The summed E-state index contributed by atoms with van der Waals surface area (Å²) in [6.45, 7) is 4.71. The molecule has 1 aliphatic rings. The molecule has 0 N–H and O–H groups in total. The predicted octanol–water partition coefficient (Wildman–Crippen LogP) is 14.8. The molecule has 0 aliphatic heterocycles. The summed E-state index contributed by atoms with van der Waals surface area (Å²) < 4.78 is 0. The van der Waals surface area contributed by atoms with Crippen LogP contribution in [0.2, 0.25) is 0 Å². The Hall–Kier alpha value is -6.70. The molecule has 256 valence electrons. The van der Waals surface area contributed by atoms with E-state index in [9.17, 15) is 0 Å². The van der Waals surface area contributed by atoms with Crippen molar-refractivity contribution in [3.8, 4) is 44.5 Å². The fourth-order valence-electron chi connectivity index (χ4n) is 8.78. The van der Waals surface area contributed by atoms with Gasteiger partial charge in [0, 0.05) is 22.4 Å². The van der Waals surface area contributed by atoms with Crippen molar-refractivity contribution >= 4 is 38.6 Å². The van der Waals surface area contributed by atoms with Crippen molar-refractivity contribution in [2.75, 3.05) is 4.90 Å². The van der Waals surface area contributed by atoms with Crippen LogP contribution in [0.3, 0.4) is 0 Å². The van der Waals surface area contributed by atoms with Crippen molar-refractivity contribution in [1.29, 1.82) is 0 Å². The van der Waals surface area contributed by atoms with Crippen LogP contribution in [0.25, 0.3) is 66.1 Å². The molecule has 0 aromatic heterocycles. The fourth-order valence-corrected chi connectivity index (χ4v) is 8.78. The van der Waals surface area contributed by atoms with Crippen molar-refractivity contribution in [2.45, 2.75) is 19.3 Å². The normalized spacial score (nSPS) is 12.8. The fraction of sp³-hybridized carbons (Fsp3) is 0.0566. The molecular formula is C53H39N. The second-order valence-corrected chi connectivity index (χ2v) is 14.9. The van der Waals surface area contributed by atoms with E-state index in [4.69, 9.17) is 0 Å². The lowest BCUT2D eigenvalue weighted by atomic mass is 9.82. The average molecular weight is 690 g/mol. The summed E-state index contributed by atoms with van der Waals surface area (Å²) in [7, 11) is 0. The molecule has 0 spiro atoms. The van der Waals surface area contributed by atoms with Crippen molar-refractivity contribution in [3.05, 3.63) is 211 Å². The van der Waals surface area contributed by atoms with Crippen LogP contribution in [0.15, 0.2) is 200 Å². The number of hydrogen-bond acceptors (Lipinski definition) is 1. The quantitative estimate of drug-likeness (QED) is 0.168. The second-order valence-electron chi connectivity index (χ2n) is 14.9. The minimum absolute atomic E-state index is 0.0833. The number of hydrogen-bond donors (Lipinski definition) is 0. The monoisotopic (exact) mass is 689 g/mol. The highest BCUT2D eigenvalue weighted by Gasteiger charge is 2.36. The summed E-state index contributed by atoms with van der Waals surface area (Å²) in [4.78, 5) is 2.51. The lowest BCUT2D eigenvalue weighted by Crippen LogP contribution is -2.15. The molecule has 0 amide bonds. The zero-order chi connectivity index (χ0) is 36.2. The highest BCUT2D eigenvalue weighted by Crippen LogP contribution is 2.52. The number of benzene rings is 9. The molecular weight excluding hydrogens is 651 g/mol. The van der Waals surface area contributed by atoms with E-state index in [0.29, 0.717) is 0 Å². The maximum absolute atomic E-state index is 2.51. The Morgan fingerprint density at radius 2 is 0.907 bits per heavy atom. The summed E-state index contributed by atoms with van der Waals surface area (Å²) >= 11 is 0. The number of anilines is 3. The van der Waals surface area contributed by atoms with Crippen LogP contribution >= 0.6 is 0 Å². The first-order chi connectivity index (χ1) is 26.5. The molecule has 9 aromatic rings. The summed E-state index contributed by atoms with van der Waals surface area (Å²) in [5, 5.41) is 4.92. The first-order valence-corrected chi connectivity index (χ1v) is 18.8. The van der Waals surface area contributed by atoms with E-state index in [0.717, 1.165) is 17.1 Å². The molecule has 0 saturated heterocycles. The molecule has 54 heavy (non-hydrogen) atoms. The highest BCUT2D eigenvalue weighted by molar-refractivity contribution is 6.11. The molecule has 1 heteroatoms. The van der Waals surface area contributed by atoms with E-state index in [1.54, 1.807) is 0 Å². The SMILES string of the molecule is CC1(C)c2ccccc2-c2cc(N(c3cc(-c4ccccc4)cc(-c4ccccc4)c3)c3ccc4ccccc4c3-c3cccc4ccccc34)ccc21. The third kappa shape index (κ3) is 5.24. The van der Waals surface area contributed by atoms with Gasteiger partial charge in [0.2, 0.25) is 0 Å². The largest absolute Gasteiger partial charge is 0.310 e. The Bertz CT molecular complexity index is 2790. The zero-order valence-corrected chi connectivity index (χ0v) is 30.5. The highest BCUT2D eigenvalue weighted by atomic mass is 15.1. The molecule has 10 rings (SSSR count). The number of nitrogens with zero attached hydrogens (tertiary/aromatic N) is 1. The molecule has 1 aliphatic carbocycles. The van der Waals surface area contributed by atoms with Crippen LogP contribution in [-0.4, -0.2) is 0 Å². The first-order valence-electron chi connectivity index (χ1n) is 18.8. The third-order valence-corrected chi connectivity index (χ3v) is 11.4. The van der Waals surface area contributed by atoms with Gasteiger partial charge in [0.15, 0.2) is 0 Å². The van der Waals surface area contributed by atoms with Gasteiger partial charge >= 0.3 is 0 Å². The minimum atomic E-state index is -0.0833. The van der Waals surface area contributed by atoms with E-state index in [-0.39, 0.29) is 5.41 Å². The Morgan fingerprint density at radius 3 is 1.63 bits per heavy atom. The van der Waals surface area contributed by atoms with Crippen molar-refractivity contribution in [1.82, 2.24) is 0 Å². The maximum atomic E-state index is 2.51. The summed E-state index contributed by atoms with van der Waals surface area (Å²) in [5.74, 6) is 0. The molecule has 0 radical (unpaired) electrons. The van der Waals surface area contributed by atoms with Crippen molar-refractivity contribution in [3.63, 3.8) is 0 Å². The Morgan fingerprint density at radius 1 is 0.352 bits per heavy atom. The first kappa shape index (κ1) is 32.0. The molecule has 9 aromatic carbocycles. The average Bonchev–Trinajstić information content (AvgIpc) is 3.46. The number of fused-ring (bicyclic) bond motifs is 5. The van der Waals surface area contributed by atoms with Crippen LogP contribution < -0.4 is 4.90 Å². The summed E-state index contributed by atoms with van der Waals surface area (Å²) in [5.41, 5.74) is 15.8. The molecule has 1 nitrogen and oxygen atoms in total. The van der Waals surface area contributed by atoms with Crippen LogP contribution in [0, 0.1) is 0 Å².